The van der Waals surface area contributed by atoms with Gasteiger partial charge in [-0.05, 0) is 36.8 Å². The first kappa shape index (κ1) is 13.6. The number of imidazole rings is 1. The first-order chi connectivity index (χ1) is 9.74. The predicted molar refractivity (Wildman–Crippen MR) is 79.6 cm³/mol. The van der Waals surface area contributed by atoms with E-state index in [0.29, 0.717) is 11.8 Å². The summed E-state index contributed by atoms with van der Waals surface area (Å²) in [5.74, 6) is 2.37. The summed E-state index contributed by atoms with van der Waals surface area (Å²) in [7, 11) is 0. The molecular weight excluding hydrogens is 250 g/mol. The van der Waals surface area contributed by atoms with Crippen LogP contribution >= 0.6 is 0 Å². The van der Waals surface area contributed by atoms with E-state index in [-0.39, 0.29) is 0 Å². The molecule has 0 amide bonds. The maximum absolute atomic E-state index is 5.60. The van der Waals surface area contributed by atoms with Crippen molar-refractivity contribution < 1.29 is 4.74 Å². The van der Waals surface area contributed by atoms with Gasteiger partial charge >= 0.3 is 0 Å². The lowest BCUT2D eigenvalue weighted by Gasteiger charge is -2.22. The molecule has 0 bridgehead atoms. The summed E-state index contributed by atoms with van der Waals surface area (Å²) < 4.78 is 7.90. The van der Waals surface area contributed by atoms with Crippen molar-refractivity contribution in [1.82, 2.24) is 14.5 Å². The summed E-state index contributed by atoms with van der Waals surface area (Å²) in [6.07, 6.45) is 5.28. The Bertz CT molecular complexity index is 570. The largest absolute Gasteiger partial charge is 0.381 e. The van der Waals surface area contributed by atoms with Crippen LogP contribution in [0, 0.1) is 11.8 Å². The Labute approximate surface area is 120 Å². The van der Waals surface area contributed by atoms with E-state index in [1.54, 1.807) is 0 Å². The van der Waals surface area contributed by atoms with Crippen LogP contribution in [-0.2, 0) is 17.7 Å². The van der Waals surface area contributed by atoms with E-state index in [9.17, 15) is 0 Å². The Morgan fingerprint density at radius 3 is 3.10 bits per heavy atom. The van der Waals surface area contributed by atoms with Gasteiger partial charge in [0.25, 0.3) is 0 Å². The minimum absolute atomic E-state index is 0.593. The Kier molecular flexibility index (Phi) is 4.01. The van der Waals surface area contributed by atoms with Gasteiger partial charge in [0.1, 0.15) is 11.3 Å². The topological polar surface area (TPSA) is 39.9 Å². The van der Waals surface area contributed by atoms with Gasteiger partial charge in [-0.15, -0.1) is 0 Å². The molecule has 0 saturated carbocycles. The van der Waals surface area contributed by atoms with Gasteiger partial charge in [0.2, 0.25) is 0 Å². The zero-order valence-corrected chi connectivity index (χ0v) is 12.4. The van der Waals surface area contributed by atoms with Crippen LogP contribution in [0.15, 0.2) is 18.3 Å². The summed E-state index contributed by atoms with van der Waals surface area (Å²) >= 11 is 0. The molecule has 108 valence electrons. The number of hydrogen-bond donors (Lipinski definition) is 0. The third kappa shape index (κ3) is 2.85. The first-order valence-electron chi connectivity index (χ1n) is 7.62. The zero-order chi connectivity index (χ0) is 13.9. The van der Waals surface area contributed by atoms with Gasteiger partial charge in [0, 0.05) is 32.4 Å². The molecule has 0 aliphatic carbocycles. The number of fused-ring (bicyclic) bond motifs is 1. The summed E-state index contributed by atoms with van der Waals surface area (Å²) in [5, 5.41) is 0. The van der Waals surface area contributed by atoms with Crippen LogP contribution in [0.4, 0.5) is 0 Å². The van der Waals surface area contributed by atoms with Crippen LogP contribution in [0.1, 0.15) is 32.5 Å². The normalized spacial score (nSPS) is 19.9. The predicted octanol–water partition coefficient (Wildman–Crippen LogP) is 3.06. The van der Waals surface area contributed by atoms with Crippen molar-refractivity contribution in [2.75, 3.05) is 13.2 Å². The van der Waals surface area contributed by atoms with Crippen LogP contribution in [-0.4, -0.2) is 27.7 Å². The third-order valence-corrected chi connectivity index (χ3v) is 3.86. The zero-order valence-electron chi connectivity index (χ0n) is 12.4. The lowest BCUT2D eigenvalue weighted by Crippen LogP contribution is -2.21. The SMILES string of the molecule is CC(C)Cn1c(CC2CCCOC2)nc2cccnc21. The molecule has 1 aliphatic heterocycles. The molecule has 0 N–H and O–H groups in total. The number of pyridine rings is 1. The van der Waals surface area contributed by atoms with Gasteiger partial charge in [-0.3, -0.25) is 0 Å². The Balaban J connectivity index is 1.91. The van der Waals surface area contributed by atoms with Gasteiger partial charge in [-0.1, -0.05) is 13.8 Å². The monoisotopic (exact) mass is 273 g/mol. The maximum atomic E-state index is 5.60. The van der Waals surface area contributed by atoms with Gasteiger partial charge in [0.15, 0.2) is 5.65 Å². The highest BCUT2D eigenvalue weighted by molar-refractivity contribution is 5.71. The fourth-order valence-corrected chi connectivity index (χ4v) is 2.94. The highest BCUT2D eigenvalue weighted by Crippen LogP contribution is 2.22. The molecule has 3 heterocycles. The van der Waals surface area contributed by atoms with Crippen molar-refractivity contribution >= 4 is 11.2 Å². The molecule has 0 spiro atoms. The number of rotatable bonds is 4. The number of ether oxygens (including phenoxy) is 1. The number of aromatic nitrogens is 3. The minimum Gasteiger partial charge on any atom is -0.381 e. The standard InChI is InChI=1S/C16H23N3O/c1-12(2)10-19-15(9-13-5-4-8-20-11-13)18-14-6-3-7-17-16(14)19/h3,6-7,12-13H,4-5,8-11H2,1-2H3. The summed E-state index contributed by atoms with van der Waals surface area (Å²) in [4.78, 5) is 9.32. The van der Waals surface area contributed by atoms with E-state index in [2.05, 4.69) is 29.5 Å². The van der Waals surface area contributed by atoms with E-state index >= 15 is 0 Å². The average Bonchev–Trinajstić information content (AvgIpc) is 2.78. The fourth-order valence-electron chi connectivity index (χ4n) is 2.94. The summed E-state index contributed by atoms with van der Waals surface area (Å²) in [6, 6.07) is 4.02. The molecule has 2 aromatic rings. The molecule has 20 heavy (non-hydrogen) atoms. The van der Waals surface area contributed by atoms with E-state index < -0.39 is 0 Å². The molecule has 1 atom stereocenters. The third-order valence-electron chi connectivity index (χ3n) is 3.86. The molecule has 0 aromatic carbocycles. The van der Waals surface area contributed by atoms with Crippen LogP contribution in [0.2, 0.25) is 0 Å². The van der Waals surface area contributed by atoms with Gasteiger partial charge < -0.3 is 9.30 Å². The Morgan fingerprint density at radius 2 is 2.35 bits per heavy atom. The average molecular weight is 273 g/mol. The molecule has 0 radical (unpaired) electrons. The van der Waals surface area contributed by atoms with E-state index in [4.69, 9.17) is 9.72 Å². The van der Waals surface area contributed by atoms with Gasteiger partial charge in [0.05, 0.1) is 0 Å². The second-order valence-corrected chi connectivity index (χ2v) is 6.17. The Hall–Kier alpha value is -1.42. The van der Waals surface area contributed by atoms with Gasteiger partial charge in [-0.2, -0.15) is 0 Å². The molecule has 1 fully saturated rings. The minimum atomic E-state index is 0.593. The Morgan fingerprint density at radius 1 is 1.45 bits per heavy atom. The summed E-state index contributed by atoms with van der Waals surface area (Å²) in [5.41, 5.74) is 2.04. The molecular formula is C16H23N3O. The molecule has 4 heteroatoms. The quantitative estimate of drug-likeness (QED) is 0.859. The highest BCUT2D eigenvalue weighted by Gasteiger charge is 2.19. The second-order valence-electron chi connectivity index (χ2n) is 6.17. The van der Waals surface area contributed by atoms with Crippen LogP contribution in [0.5, 0.6) is 0 Å². The molecule has 3 rings (SSSR count). The van der Waals surface area contributed by atoms with Crippen molar-refractivity contribution in [3.8, 4) is 0 Å². The van der Waals surface area contributed by atoms with Crippen molar-refractivity contribution in [3.05, 3.63) is 24.2 Å². The molecule has 4 nitrogen and oxygen atoms in total. The first-order valence-corrected chi connectivity index (χ1v) is 7.62. The fraction of sp³-hybridized carbons (Fsp3) is 0.625. The van der Waals surface area contributed by atoms with Crippen LogP contribution < -0.4 is 0 Å². The maximum Gasteiger partial charge on any atom is 0.159 e. The highest BCUT2D eigenvalue weighted by atomic mass is 16.5. The van der Waals surface area contributed by atoms with E-state index in [0.717, 1.165) is 37.3 Å². The van der Waals surface area contributed by atoms with Crippen molar-refractivity contribution in [3.63, 3.8) is 0 Å². The number of hydrogen-bond acceptors (Lipinski definition) is 3. The molecule has 1 saturated heterocycles. The second kappa shape index (κ2) is 5.92. The molecule has 1 aliphatic rings. The van der Waals surface area contributed by atoms with E-state index in [1.807, 2.05) is 12.3 Å². The van der Waals surface area contributed by atoms with Crippen LogP contribution in [0.25, 0.3) is 11.2 Å². The number of nitrogens with zero attached hydrogens (tertiary/aromatic N) is 3. The van der Waals surface area contributed by atoms with Crippen molar-refractivity contribution in [2.24, 2.45) is 11.8 Å². The smallest absolute Gasteiger partial charge is 0.159 e. The summed E-state index contributed by atoms with van der Waals surface area (Å²) in [6.45, 7) is 7.25. The van der Waals surface area contributed by atoms with Crippen molar-refractivity contribution in [1.29, 1.82) is 0 Å². The molecule has 1 unspecified atom stereocenters. The lowest BCUT2D eigenvalue weighted by atomic mass is 9.98. The lowest BCUT2D eigenvalue weighted by molar-refractivity contribution is 0.0540. The van der Waals surface area contributed by atoms with Crippen LogP contribution in [0.3, 0.4) is 0 Å². The molecule has 2 aromatic heterocycles. The van der Waals surface area contributed by atoms with E-state index in [1.165, 1.54) is 18.7 Å². The van der Waals surface area contributed by atoms with Gasteiger partial charge in [-0.25, -0.2) is 9.97 Å². The van der Waals surface area contributed by atoms with Crippen molar-refractivity contribution in [2.45, 2.75) is 39.7 Å².